The molecule has 0 spiro atoms. The lowest BCUT2D eigenvalue weighted by Gasteiger charge is -2.20. The molecule has 0 unspecified atom stereocenters. The van der Waals surface area contributed by atoms with Gasteiger partial charge in [0.05, 0.1) is 11.1 Å². The zero-order valence-corrected chi connectivity index (χ0v) is 31.3. The molecule has 0 aliphatic heterocycles. The summed E-state index contributed by atoms with van der Waals surface area (Å²) in [4.78, 5) is 79.8. The number of anilines is 1. The Morgan fingerprint density at radius 2 is 1.25 bits per heavy atom. The molecule has 4 aromatic rings. The first-order valence-corrected chi connectivity index (χ1v) is 17.1. The fourth-order valence-electron chi connectivity index (χ4n) is 4.54. The monoisotopic (exact) mass is 786 g/mol. The summed E-state index contributed by atoms with van der Waals surface area (Å²) in [5, 5.41) is 5.74. The molecule has 0 radical (unpaired) electrons. The Balaban J connectivity index is 1.88. The zero-order chi connectivity index (χ0) is 40.7. The highest BCUT2D eigenvalue weighted by Gasteiger charge is 2.35. The quantitative estimate of drug-likeness (QED) is 0.122. The summed E-state index contributed by atoms with van der Waals surface area (Å²) in [5.74, 6) is -1.83. The van der Waals surface area contributed by atoms with Gasteiger partial charge in [-0.05, 0) is 60.6 Å². The number of aromatic nitrogens is 4. The van der Waals surface area contributed by atoms with Crippen molar-refractivity contribution in [2.75, 3.05) is 11.9 Å². The SMILES string of the molecule is CCNC(=O)Nc1ncc(-c2cncc(C(=O)NNC(=O)OC(C)(C)C)c2)c(-c2nc(C(F)(F)F)cs2)c1-c1cncc(C(=O)NNC(=O)OC(C)(C)C)c1. The first-order valence-electron chi connectivity index (χ1n) is 16.3. The third-order valence-electron chi connectivity index (χ3n) is 6.61. The molecule has 0 aromatic carbocycles. The molecule has 292 valence electrons. The molecule has 0 fully saturated rings. The van der Waals surface area contributed by atoms with Crippen LogP contribution in [0.1, 0.15) is 74.9 Å². The Bertz CT molecular complexity index is 2100. The third-order valence-corrected chi connectivity index (χ3v) is 7.47. The van der Waals surface area contributed by atoms with Crippen LogP contribution in [-0.4, -0.2) is 67.7 Å². The van der Waals surface area contributed by atoms with Crippen LogP contribution in [0.25, 0.3) is 32.8 Å². The standard InChI is InChI=1S/C34H37F3N10O7S/c1-8-40-29(50)43-25-23(18-10-20(14-39-12-18)27(49)45-47-31(52)54-33(5,6)7)24(28-42-22(16-55-28)34(35,36)37)21(15-41-25)17-9-19(13-38-11-17)26(48)44-46-30(51)53-32(2,3)4/h9-16H,8H2,1-7H3,(H,44,48)(H,45,49)(H,46,51)(H,47,52)(H2,40,41,43,50). The molecular weight excluding hydrogens is 749 g/mol. The van der Waals surface area contributed by atoms with E-state index in [2.05, 4.69) is 52.3 Å². The molecule has 6 amide bonds. The van der Waals surface area contributed by atoms with E-state index in [0.29, 0.717) is 11.3 Å². The topological polar surface area (TPSA) is 228 Å². The van der Waals surface area contributed by atoms with Gasteiger partial charge in [-0.2, -0.15) is 13.2 Å². The molecule has 4 rings (SSSR count). The van der Waals surface area contributed by atoms with Crippen LogP contribution in [0.4, 0.5) is 33.4 Å². The van der Waals surface area contributed by atoms with E-state index < -0.39 is 53.1 Å². The average Bonchev–Trinajstić information content (AvgIpc) is 3.59. The second kappa shape index (κ2) is 16.7. The van der Waals surface area contributed by atoms with Crippen molar-refractivity contribution in [3.05, 3.63) is 65.3 Å². The number of hydrazine groups is 2. The van der Waals surface area contributed by atoms with Crippen LogP contribution in [-0.2, 0) is 15.7 Å². The van der Waals surface area contributed by atoms with Gasteiger partial charge >= 0.3 is 24.4 Å². The number of carbonyl (C=O) groups is 5. The Hall–Kier alpha value is -6.38. The molecule has 6 N–H and O–H groups in total. The van der Waals surface area contributed by atoms with E-state index in [-0.39, 0.29) is 56.3 Å². The van der Waals surface area contributed by atoms with Gasteiger partial charge in [0.1, 0.15) is 22.0 Å². The van der Waals surface area contributed by atoms with Gasteiger partial charge < -0.3 is 14.8 Å². The Kier molecular flexibility index (Phi) is 12.6. The second-order valence-corrected chi connectivity index (χ2v) is 14.2. The van der Waals surface area contributed by atoms with Crippen molar-refractivity contribution in [3.63, 3.8) is 0 Å². The van der Waals surface area contributed by atoms with Crippen molar-refractivity contribution in [1.82, 2.24) is 47.0 Å². The molecular formula is C34H37F3N10O7S. The van der Waals surface area contributed by atoms with Crippen LogP contribution in [0, 0.1) is 0 Å². The number of rotatable bonds is 7. The Morgan fingerprint density at radius 3 is 1.75 bits per heavy atom. The summed E-state index contributed by atoms with van der Waals surface area (Å²) in [6, 6.07) is 1.92. The molecule has 0 saturated carbocycles. The number of hydrogen-bond acceptors (Lipinski definition) is 12. The molecule has 21 heteroatoms. The van der Waals surface area contributed by atoms with Gasteiger partial charge in [0, 0.05) is 70.7 Å². The number of thiazole rings is 1. The van der Waals surface area contributed by atoms with E-state index in [1.54, 1.807) is 48.5 Å². The molecule has 4 aromatic heterocycles. The fraction of sp³-hybridized carbons (Fsp3) is 0.324. The second-order valence-electron chi connectivity index (χ2n) is 13.4. The minimum Gasteiger partial charge on any atom is -0.443 e. The molecule has 0 atom stereocenters. The number of amides is 6. The smallest absolute Gasteiger partial charge is 0.434 e. The molecule has 0 bridgehead atoms. The molecule has 17 nitrogen and oxygen atoms in total. The zero-order valence-electron chi connectivity index (χ0n) is 30.5. The number of alkyl halides is 3. The summed E-state index contributed by atoms with van der Waals surface area (Å²) in [6.45, 7) is 11.6. The predicted molar refractivity (Wildman–Crippen MR) is 193 cm³/mol. The number of halogens is 3. The van der Waals surface area contributed by atoms with Crippen molar-refractivity contribution in [1.29, 1.82) is 0 Å². The lowest BCUT2D eigenvalue weighted by molar-refractivity contribution is -0.140. The highest BCUT2D eigenvalue weighted by molar-refractivity contribution is 7.13. The minimum atomic E-state index is -4.83. The molecule has 4 heterocycles. The van der Waals surface area contributed by atoms with E-state index in [0.717, 1.165) is 11.6 Å². The maximum absolute atomic E-state index is 13.9. The van der Waals surface area contributed by atoms with Crippen molar-refractivity contribution in [2.45, 2.75) is 65.8 Å². The van der Waals surface area contributed by atoms with Crippen LogP contribution in [0.15, 0.2) is 48.5 Å². The summed E-state index contributed by atoms with van der Waals surface area (Å²) in [7, 11) is 0. The number of carbonyl (C=O) groups excluding carboxylic acids is 5. The van der Waals surface area contributed by atoms with Gasteiger partial charge in [0.15, 0.2) is 5.69 Å². The summed E-state index contributed by atoms with van der Waals surface area (Å²) in [6.07, 6.45) is -0.566. The van der Waals surface area contributed by atoms with Gasteiger partial charge in [-0.15, -0.1) is 11.3 Å². The number of nitrogens with zero attached hydrogens (tertiary/aromatic N) is 4. The van der Waals surface area contributed by atoms with E-state index in [4.69, 9.17) is 9.47 Å². The number of ether oxygens (including phenoxy) is 2. The Labute approximate surface area is 316 Å². The van der Waals surface area contributed by atoms with Crippen LogP contribution in [0.2, 0.25) is 0 Å². The van der Waals surface area contributed by atoms with Crippen molar-refractivity contribution >= 4 is 47.2 Å². The van der Waals surface area contributed by atoms with E-state index in [1.807, 2.05) is 0 Å². The van der Waals surface area contributed by atoms with Gasteiger partial charge in [-0.3, -0.25) is 35.7 Å². The largest absolute Gasteiger partial charge is 0.443 e. The fourth-order valence-corrected chi connectivity index (χ4v) is 5.43. The molecule has 55 heavy (non-hydrogen) atoms. The number of nitrogens with one attached hydrogen (secondary N) is 6. The summed E-state index contributed by atoms with van der Waals surface area (Å²) < 4.78 is 52.0. The first kappa shape index (κ1) is 41.4. The maximum Gasteiger partial charge on any atom is 0.434 e. The van der Waals surface area contributed by atoms with Crippen molar-refractivity contribution in [2.24, 2.45) is 0 Å². The van der Waals surface area contributed by atoms with Crippen LogP contribution >= 0.6 is 11.3 Å². The normalized spacial score (nSPS) is 11.5. The molecule has 0 saturated heterocycles. The van der Waals surface area contributed by atoms with Gasteiger partial charge in [-0.25, -0.2) is 35.2 Å². The van der Waals surface area contributed by atoms with Gasteiger partial charge in [0.2, 0.25) is 0 Å². The number of urea groups is 1. The van der Waals surface area contributed by atoms with Crippen molar-refractivity contribution < 1.29 is 46.6 Å². The average molecular weight is 787 g/mol. The van der Waals surface area contributed by atoms with E-state index in [1.165, 1.54) is 36.9 Å². The van der Waals surface area contributed by atoms with E-state index in [9.17, 15) is 37.1 Å². The first-order chi connectivity index (χ1) is 25.6. The van der Waals surface area contributed by atoms with Crippen LogP contribution in [0.3, 0.4) is 0 Å². The van der Waals surface area contributed by atoms with Crippen LogP contribution < -0.4 is 32.3 Å². The predicted octanol–water partition coefficient (Wildman–Crippen LogP) is 5.83. The summed E-state index contributed by atoms with van der Waals surface area (Å²) >= 11 is 0.628. The summed E-state index contributed by atoms with van der Waals surface area (Å²) in [5.41, 5.74) is 5.81. The highest BCUT2D eigenvalue weighted by atomic mass is 32.1. The maximum atomic E-state index is 13.9. The Morgan fingerprint density at radius 1 is 0.727 bits per heavy atom. The molecule has 0 aliphatic rings. The van der Waals surface area contributed by atoms with Crippen molar-refractivity contribution in [3.8, 4) is 32.8 Å². The molecule has 0 aliphatic carbocycles. The minimum absolute atomic E-state index is 0.0141. The number of hydrogen-bond donors (Lipinski definition) is 6. The van der Waals surface area contributed by atoms with Gasteiger partial charge in [-0.1, -0.05) is 0 Å². The highest BCUT2D eigenvalue weighted by Crippen LogP contribution is 2.45. The lowest BCUT2D eigenvalue weighted by Crippen LogP contribution is -2.44. The number of pyridine rings is 3. The van der Waals surface area contributed by atoms with Gasteiger partial charge in [0.25, 0.3) is 11.8 Å². The third kappa shape index (κ3) is 11.6. The lowest BCUT2D eigenvalue weighted by atomic mass is 9.93. The van der Waals surface area contributed by atoms with Crippen LogP contribution in [0.5, 0.6) is 0 Å². The van der Waals surface area contributed by atoms with E-state index >= 15 is 0 Å².